The number of rotatable bonds is 4. The summed E-state index contributed by atoms with van der Waals surface area (Å²) in [5.41, 5.74) is 6.26. The smallest absolute Gasteiger partial charge is 0.227 e. The molecule has 20 heavy (non-hydrogen) atoms. The molecule has 1 aromatic rings. The fourth-order valence-electron chi connectivity index (χ4n) is 2.38. The Balaban J connectivity index is 1.95. The fraction of sp³-hybridized carbons (Fsp3) is 0.533. The minimum Gasteiger partial charge on any atom is -0.399 e. The van der Waals surface area contributed by atoms with Gasteiger partial charge in [0.05, 0.1) is 12.0 Å². The average molecular weight is 278 g/mol. The van der Waals surface area contributed by atoms with Gasteiger partial charge in [-0.3, -0.25) is 4.79 Å². The highest BCUT2D eigenvalue weighted by Crippen LogP contribution is 2.25. The SMILES string of the molecule is CC(C(=O)NCC1(O)CCOC1C)c1cccc(N)c1. The summed E-state index contributed by atoms with van der Waals surface area (Å²) in [6.45, 7) is 4.38. The molecule has 1 fully saturated rings. The standard InChI is InChI=1S/C15H22N2O3/c1-10(12-4-3-5-13(16)8-12)14(18)17-9-15(19)6-7-20-11(15)2/h3-5,8,10-11,19H,6-7,9,16H2,1-2H3,(H,17,18). The van der Waals surface area contributed by atoms with Gasteiger partial charge in [-0.15, -0.1) is 0 Å². The van der Waals surface area contributed by atoms with Crippen LogP contribution in [0.2, 0.25) is 0 Å². The van der Waals surface area contributed by atoms with Crippen LogP contribution in [0.1, 0.15) is 31.7 Å². The Morgan fingerprint density at radius 1 is 1.65 bits per heavy atom. The highest BCUT2D eigenvalue weighted by Gasteiger charge is 2.39. The number of nitrogens with two attached hydrogens (primary N) is 1. The predicted octanol–water partition coefficient (Wildman–Crippen LogP) is 1.03. The van der Waals surface area contributed by atoms with Crippen molar-refractivity contribution in [2.45, 2.75) is 37.9 Å². The van der Waals surface area contributed by atoms with E-state index >= 15 is 0 Å². The summed E-state index contributed by atoms with van der Waals surface area (Å²) in [4.78, 5) is 12.2. The van der Waals surface area contributed by atoms with E-state index in [1.165, 1.54) is 0 Å². The second kappa shape index (κ2) is 5.81. The first-order valence-electron chi connectivity index (χ1n) is 6.89. The zero-order chi connectivity index (χ0) is 14.8. The van der Waals surface area contributed by atoms with Crippen LogP contribution in [0.4, 0.5) is 5.69 Å². The number of amides is 1. The third-order valence-electron chi connectivity index (χ3n) is 4.03. The molecular weight excluding hydrogens is 256 g/mol. The average Bonchev–Trinajstić information content (AvgIpc) is 2.76. The second-order valence-electron chi connectivity index (χ2n) is 5.48. The monoisotopic (exact) mass is 278 g/mol. The molecular formula is C15H22N2O3. The van der Waals surface area contributed by atoms with Crippen molar-refractivity contribution < 1.29 is 14.6 Å². The van der Waals surface area contributed by atoms with E-state index in [0.29, 0.717) is 18.7 Å². The molecule has 0 bridgehead atoms. The zero-order valence-corrected chi connectivity index (χ0v) is 11.9. The molecule has 3 atom stereocenters. The molecule has 1 amide bonds. The molecule has 0 saturated carbocycles. The van der Waals surface area contributed by atoms with Crippen molar-refractivity contribution in [3.63, 3.8) is 0 Å². The lowest BCUT2D eigenvalue weighted by Gasteiger charge is -2.27. The van der Waals surface area contributed by atoms with Crippen LogP contribution in [0, 0.1) is 0 Å². The van der Waals surface area contributed by atoms with E-state index in [1.54, 1.807) is 12.1 Å². The van der Waals surface area contributed by atoms with Crippen LogP contribution in [-0.2, 0) is 9.53 Å². The topological polar surface area (TPSA) is 84.6 Å². The van der Waals surface area contributed by atoms with Gasteiger partial charge in [-0.2, -0.15) is 0 Å². The number of carbonyl (C=O) groups is 1. The molecule has 5 heteroatoms. The molecule has 1 heterocycles. The molecule has 1 aliphatic rings. The zero-order valence-electron chi connectivity index (χ0n) is 11.9. The molecule has 0 spiro atoms. The van der Waals surface area contributed by atoms with Gasteiger partial charge >= 0.3 is 0 Å². The summed E-state index contributed by atoms with van der Waals surface area (Å²) in [5, 5.41) is 13.1. The Kier molecular flexibility index (Phi) is 4.30. The van der Waals surface area contributed by atoms with Gasteiger partial charge in [0.25, 0.3) is 0 Å². The Bertz CT molecular complexity index is 492. The van der Waals surface area contributed by atoms with Gasteiger partial charge in [-0.1, -0.05) is 12.1 Å². The maximum atomic E-state index is 12.2. The first-order valence-corrected chi connectivity index (χ1v) is 6.89. The molecule has 110 valence electrons. The largest absolute Gasteiger partial charge is 0.399 e. The molecule has 0 aliphatic carbocycles. The van der Waals surface area contributed by atoms with Crippen molar-refractivity contribution in [2.75, 3.05) is 18.9 Å². The van der Waals surface area contributed by atoms with Gasteiger partial charge in [0.1, 0.15) is 5.60 Å². The summed E-state index contributed by atoms with van der Waals surface area (Å²) in [5.74, 6) is -0.428. The normalized spacial score (nSPS) is 27.2. The second-order valence-corrected chi connectivity index (χ2v) is 5.48. The summed E-state index contributed by atoms with van der Waals surface area (Å²) in [7, 11) is 0. The lowest BCUT2D eigenvalue weighted by atomic mass is 9.95. The maximum absolute atomic E-state index is 12.2. The fourth-order valence-corrected chi connectivity index (χ4v) is 2.38. The van der Waals surface area contributed by atoms with Crippen LogP contribution >= 0.6 is 0 Å². The van der Waals surface area contributed by atoms with Crippen molar-refractivity contribution >= 4 is 11.6 Å². The number of aliphatic hydroxyl groups is 1. The van der Waals surface area contributed by atoms with E-state index in [-0.39, 0.29) is 24.5 Å². The molecule has 3 unspecified atom stereocenters. The Morgan fingerprint density at radius 3 is 3.00 bits per heavy atom. The molecule has 0 aromatic heterocycles. The summed E-state index contributed by atoms with van der Waals surface area (Å²) < 4.78 is 5.34. The summed E-state index contributed by atoms with van der Waals surface area (Å²) in [6, 6.07) is 7.28. The van der Waals surface area contributed by atoms with Crippen molar-refractivity contribution in [3.8, 4) is 0 Å². The van der Waals surface area contributed by atoms with E-state index in [9.17, 15) is 9.90 Å². The predicted molar refractivity (Wildman–Crippen MR) is 77.3 cm³/mol. The van der Waals surface area contributed by atoms with Crippen LogP contribution in [0.25, 0.3) is 0 Å². The van der Waals surface area contributed by atoms with Gasteiger partial charge < -0.3 is 20.9 Å². The number of nitrogens with one attached hydrogen (secondary N) is 1. The quantitative estimate of drug-likeness (QED) is 0.718. The number of nitrogen functional groups attached to an aromatic ring is 1. The highest BCUT2D eigenvalue weighted by molar-refractivity contribution is 5.83. The molecule has 1 aromatic carbocycles. The minimum atomic E-state index is -0.967. The van der Waals surface area contributed by atoms with Gasteiger partial charge in [-0.05, 0) is 31.5 Å². The molecule has 0 radical (unpaired) electrons. The Labute approximate surface area is 119 Å². The molecule has 4 N–H and O–H groups in total. The van der Waals surface area contributed by atoms with E-state index in [2.05, 4.69) is 5.32 Å². The Hall–Kier alpha value is -1.59. The van der Waals surface area contributed by atoms with Gasteiger partial charge in [0.15, 0.2) is 0 Å². The lowest BCUT2D eigenvalue weighted by Crippen LogP contribution is -2.48. The van der Waals surface area contributed by atoms with Crippen molar-refractivity contribution in [3.05, 3.63) is 29.8 Å². The minimum absolute atomic E-state index is 0.122. The molecule has 2 rings (SSSR count). The molecule has 1 aliphatic heterocycles. The van der Waals surface area contributed by atoms with Crippen molar-refractivity contribution in [2.24, 2.45) is 0 Å². The molecule has 1 saturated heterocycles. The van der Waals surface area contributed by atoms with E-state index < -0.39 is 5.60 Å². The van der Waals surface area contributed by atoms with Gasteiger partial charge in [0, 0.05) is 25.3 Å². The first kappa shape index (κ1) is 14.8. The summed E-state index contributed by atoms with van der Waals surface area (Å²) in [6.07, 6.45) is 0.284. The number of carbonyl (C=O) groups excluding carboxylic acids is 1. The van der Waals surface area contributed by atoms with Gasteiger partial charge in [-0.25, -0.2) is 0 Å². The summed E-state index contributed by atoms with van der Waals surface area (Å²) >= 11 is 0. The van der Waals surface area contributed by atoms with E-state index in [1.807, 2.05) is 26.0 Å². The van der Waals surface area contributed by atoms with Crippen molar-refractivity contribution in [1.29, 1.82) is 0 Å². The highest BCUT2D eigenvalue weighted by atomic mass is 16.5. The van der Waals surface area contributed by atoms with E-state index in [0.717, 1.165) is 5.56 Å². The number of anilines is 1. The lowest BCUT2D eigenvalue weighted by molar-refractivity contribution is -0.124. The third-order valence-corrected chi connectivity index (χ3v) is 4.03. The molecule has 5 nitrogen and oxygen atoms in total. The number of ether oxygens (including phenoxy) is 1. The number of hydrogen-bond donors (Lipinski definition) is 3. The number of hydrogen-bond acceptors (Lipinski definition) is 4. The van der Waals surface area contributed by atoms with Crippen LogP contribution < -0.4 is 11.1 Å². The van der Waals surface area contributed by atoms with Crippen molar-refractivity contribution in [1.82, 2.24) is 5.32 Å². The number of benzene rings is 1. The third kappa shape index (κ3) is 3.11. The van der Waals surface area contributed by atoms with Crippen LogP contribution in [0.5, 0.6) is 0 Å². The van der Waals surface area contributed by atoms with Crippen LogP contribution in [-0.4, -0.2) is 35.9 Å². The Morgan fingerprint density at radius 2 is 2.40 bits per heavy atom. The first-order chi connectivity index (χ1) is 9.42. The van der Waals surface area contributed by atoms with Gasteiger partial charge in [0.2, 0.25) is 5.91 Å². The van der Waals surface area contributed by atoms with Crippen LogP contribution in [0.15, 0.2) is 24.3 Å². The van der Waals surface area contributed by atoms with Crippen LogP contribution in [0.3, 0.4) is 0 Å². The maximum Gasteiger partial charge on any atom is 0.227 e. The van der Waals surface area contributed by atoms with E-state index in [4.69, 9.17) is 10.5 Å².